The van der Waals surface area contributed by atoms with E-state index in [2.05, 4.69) is 40.3 Å². The molecule has 3 fully saturated rings. The van der Waals surface area contributed by atoms with E-state index in [1.54, 1.807) is 11.3 Å². The standard InChI is InChI=1S/C32H40N8O2S/c1-19(22-7-5-14-39(22)2)41-25-16-24(40-15-13-35-31(18-40)11-12-31)36-30(37-25)27-20-6-3-9-32(28(20)42-38-27)10-4-8-23-26(32)21(17-33)29(34)43-23/h16,19,22,35H,3-15,18,34H2,1-2H3/t19-,22-,32-/m0/s1. The number of nitrogens with one attached hydrogen (secondary N) is 1. The first-order valence-corrected chi connectivity index (χ1v) is 16.8. The third kappa shape index (κ3) is 4.44. The normalized spacial score (nSPS) is 26.7. The van der Waals surface area contributed by atoms with Gasteiger partial charge in [0.05, 0.1) is 11.0 Å². The number of nitrogens with zero attached hydrogens (tertiary/aromatic N) is 6. The van der Waals surface area contributed by atoms with E-state index in [1.165, 1.54) is 24.1 Å². The zero-order valence-corrected chi connectivity index (χ0v) is 25.9. The molecule has 3 aromatic heterocycles. The minimum Gasteiger partial charge on any atom is -0.473 e. The van der Waals surface area contributed by atoms with Crippen LogP contribution in [0.25, 0.3) is 11.5 Å². The van der Waals surface area contributed by atoms with Crippen molar-refractivity contribution < 1.29 is 9.26 Å². The van der Waals surface area contributed by atoms with E-state index >= 15 is 0 Å². The van der Waals surface area contributed by atoms with Gasteiger partial charge in [0.15, 0.2) is 17.3 Å². The molecule has 3 aromatic rings. The van der Waals surface area contributed by atoms with Crippen LogP contribution in [-0.2, 0) is 18.3 Å². The molecule has 5 heterocycles. The van der Waals surface area contributed by atoms with Crippen molar-refractivity contribution >= 4 is 22.2 Å². The predicted octanol–water partition coefficient (Wildman–Crippen LogP) is 4.41. The van der Waals surface area contributed by atoms with Crippen molar-refractivity contribution in [3.05, 3.63) is 33.4 Å². The Kier molecular flexibility index (Phi) is 6.48. The zero-order valence-electron chi connectivity index (χ0n) is 25.1. The van der Waals surface area contributed by atoms with Gasteiger partial charge in [0.1, 0.15) is 23.0 Å². The SMILES string of the molecule is C[C@H](Oc1cc(N2CCNC3(CC3)C2)nc(-c2noc3c2CCC[C@@]32CCCc3sc(N)c(C#N)c32)n1)[C@@H]1CCCN1C. The number of nitriles is 1. The Morgan fingerprint density at radius 3 is 2.79 bits per heavy atom. The Balaban J connectivity index is 1.21. The summed E-state index contributed by atoms with van der Waals surface area (Å²) in [6, 6.07) is 4.80. The van der Waals surface area contributed by atoms with Gasteiger partial charge in [0.25, 0.3) is 0 Å². The summed E-state index contributed by atoms with van der Waals surface area (Å²) in [6.45, 7) is 6.01. The lowest BCUT2D eigenvalue weighted by Crippen LogP contribution is -2.52. The molecule has 10 nitrogen and oxygen atoms in total. The number of anilines is 2. The summed E-state index contributed by atoms with van der Waals surface area (Å²) in [5.41, 5.74) is 9.68. The maximum absolute atomic E-state index is 10.1. The summed E-state index contributed by atoms with van der Waals surface area (Å²) in [5.74, 6) is 2.92. The van der Waals surface area contributed by atoms with E-state index < -0.39 is 0 Å². The highest BCUT2D eigenvalue weighted by molar-refractivity contribution is 7.16. The van der Waals surface area contributed by atoms with Crippen LogP contribution >= 0.6 is 11.3 Å². The first-order chi connectivity index (χ1) is 20.9. The van der Waals surface area contributed by atoms with Crippen molar-refractivity contribution in [3.63, 3.8) is 0 Å². The third-order valence-electron chi connectivity index (χ3n) is 10.7. The quantitative estimate of drug-likeness (QED) is 0.434. The van der Waals surface area contributed by atoms with Crippen molar-refractivity contribution in [2.24, 2.45) is 0 Å². The molecule has 2 saturated heterocycles. The second-order valence-electron chi connectivity index (χ2n) is 13.4. The summed E-state index contributed by atoms with van der Waals surface area (Å²) in [7, 11) is 2.18. The van der Waals surface area contributed by atoms with Gasteiger partial charge >= 0.3 is 0 Å². The van der Waals surface area contributed by atoms with Crippen LogP contribution in [0.5, 0.6) is 5.88 Å². The predicted molar refractivity (Wildman–Crippen MR) is 166 cm³/mol. The zero-order chi connectivity index (χ0) is 29.3. The van der Waals surface area contributed by atoms with Crippen molar-refractivity contribution in [3.8, 4) is 23.5 Å². The number of thiophene rings is 1. The average Bonchev–Trinajstić information content (AvgIpc) is 3.32. The number of piperazine rings is 1. The molecule has 226 valence electrons. The van der Waals surface area contributed by atoms with Gasteiger partial charge in [-0.3, -0.25) is 4.90 Å². The molecule has 2 aliphatic heterocycles. The largest absolute Gasteiger partial charge is 0.473 e. The fraction of sp³-hybridized carbons (Fsp3) is 0.625. The van der Waals surface area contributed by atoms with Crippen LogP contribution in [0.15, 0.2) is 10.6 Å². The molecule has 3 aliphatic carbocycles. The average molecular weight is 601 g/mol. The minimum absolute atomic E-state index is 0.00417. The van der Waals surface area contributed by atoms with Gasteiger partial charge < -0.3 is 25.2 Å². The van der Waals surface area contributed by atoms with Gasteiger partial charge in [-0.05, 0) is 90.3 Å². The summed E-state index contributed by atoms with van der Waals surface area (Å²) in [5, 5.41) is 19.1. The number of nitrogens with two attached hydrogens (primary N) is 1. The molecule has 11 heteroatoms. The molecule has 0 aromatic carbocycles. The van der Waals surface area contributed by atoms with E-state index in [0.29, 0.717) is 34.0 Å². The van der Waals surface area contributed by atoms with Crippen molar-refractivity contribution in [1.29, 1.82) is 5.26 Å². The highest BCUT2D eigenvalue weighted by Gasteiger charge is 2.49. The molecule has 0 unspecified atom stereocenters. The number of hydrogen-bond acceptors (Lipinski definition) is 11. The van der Waals surface area contributed by atoms with Crippen LogP contribution < -0.4 is 20.7 Å². The highest BCUT2D eigenvalue weighted by Crippen LogP contribution is 2.55. The number of aryl methyl sites for hydroxylation is 1. The lowest BCUT2D eigenvalue weighted by Gasteiger charge is -2.39. The number of nitrogen functional groups attached to an aromatic ring is 1. The molecule has 0 radical (unpaired) electrons. The third-order valence-corrected chi connectivity index (χ3v) is 11.8. The Hall–Kier alpha value is -3.20. The van der Waals surface area contributed by atoms with Crippen LogP contribution in [0.3, 0.4) is 0 Å². The molecule has 1 saturated carbocycles. The van der Waals surface area contributed by atoms with E-state index in [1.807, 2.05) is 6.07 Å². The second-order valence-corrected chi connectivity index (χ2v) is 14.5. The first-order valence-electron chi connectivity index (χ1n) is 16.0. The lowest BCUT2D eigenvalue weighted by atomic mass is 9.63. The Morgan fingerprint density at radius 1 is 1.19 bits per heavy atom. The number of likely N-dealkylation sites (tertiary alicyclic amines) is 1. The van der Waals surface area contributed by atoms with Crippen LogP contribution in [0, 0.1) is 11.3 Å². The van der Waals surface area contributed by atoms with Crippen LogP contribution in [0.1, 0.15) is 85.6 Å². The molecular weight excluding hydrogens is 560 g/mol. The molecular formula is C32H40N8O2S. The van der Waals surface area contributed by atoms with Crippen molar-refractivity contribution in [2.75, 3.05) is 43.9 Å². The molecule has 3 atom stereocenters. The fourth-order valence-corrected chi connectivity index (χ4v) is 9.55. The molecule has 2 spiro atoms. The number of ether oxygens (including phenoxy) is 1. The maximum atomic E-state index is 10.1. The monoisotopic (exact) mass is 600 g/mol. The summed E-state index contributed by atoms with van der Waals surface area (Å²) < 4.78 is 12.9. The molecule has 3 N–H and O–H groups in total. The highest BCUT2D eigenvalue weighted by atomic mass is 32.1. The topological polar surface area (TPSA) is 129 Å². The molecule has 8 rings (SSSR count). The first kappa shape index (κ1) is 27.4. The smallest absolute Gasteiger partial charge is 0.219 e. The number of rotatable bonds is 5. The fourth-order valence-electron chi connectivity index (χ4n) is 8.39. The second kappa shape index (κ2) is 10.2. The minimum atomic E-state index is -0.374. The number of hydrogen-bond donors (Lipinski definition) is 2. The van der Waals surface area contributed by atoms with Crippen molar-refractivity contribution in [2.45, 2.75) is 94.2 Å². The summed E-state index contributed by atoms with van der Waals surface area (Å²) >= 11 is 1.57. The molecule has 43 heavy (non-hydrogen) atoms. The van der Waals surface area contributed by atoms with Gasteiger partial charge in [-0.1, -0.05) is 5.16 Å². The van der Waals surface area contributed by atoms with E-state index in [4.69, 9.17) is 25.0 Å². The Labute approximate surface area is 256 Å². The van der Waals surface area contributed by atoms with E-state index in [0.717, 1.165) is 93.8 Å². The van der Waals surface area contributed by atoms with Gasteiger partial charge in [-0.15, -0.1) is 11.3 Å². The van der Waals surface area contributed by atoms with Gasteiger partial charge in [0, 0.05) is 47.7 Å². The lowest BCUT2D eigenvalue weighted by molar-refractivity contribution is 0.117. The van der Waals surface area contributed by atoms with Crippen LogP contribution in [0.2, 0.25) is 0 Å². The van der Waals surface area contributed by atoms with Gasteiger partial charge in [-0.25, -0.2) is 4.98 Å². The Bertz CT molecular complexity index is 1600. The van der Waals surface area contributed by atoms with Gasteiger partial charge in [0.2, 0.25) is 5.88 Å². The van der Waals surface area contributed by atoms with Crippen LogP contribution in [-0.4, -0.2) is 70.9 Å². The number of aromatic nitrogens is 3. The molecule has 0 amide bonds. The van der Waals surface area contributed by atoms with E-state index in [9.17, 15) is 5.26 Å². The maximum Gasteiger partial charge on any atom is 0.219 e. The molecule has 5 aliphatic rings. The number of fused-ring (bicyclic) bond motifs is 4. The van der Waals surface area contributed by atoms with Gasteiger partial charge in [-0.2, -0.15) is 10.2 Å². The molecule has 0 bridgehead atoms. The Morgan fingerprint density at radius 2 is 2.02 bits per heavy atom. The number of likely N-dealkylation sites (N-methyl/N-ethyl adjacent to an activating group) is 1. The van der Waals surface area contributed by atoms with Crippen molar-refractivity contribution in [1.82, 2.24) is 25.3 Å². The summed E-state index contributed by atoms with van der Waals surface area (Å²) in [4.78, 5) is 16.1. The van der Waals surface area contributed by atoms with Crippen LogP contribution in [0.4, 0.5) is 10.8 Å². The van der Waals surface area contributed by atoms with E-state index in [-0.39, 0.29) is 17.1 Å². The summed E-state index contributed by atoms with van der Waals surface area (Å²) in [6.07, 6.45) is 10.4.